The first kappa shape index (κ1) is 13.5. The van der Waals surface area contributed by atoms with Crippen LogP contribution in [0.15, 0.2) is 30.3 Å². The Balaban J connectivity index is 1.70. The van der Waals surface area contributed by atoms with E-state index in [9.17, 15) is 4.79 Å². The molecule has 0 unspecified atom stereocenters. The van der Waals surface area contributed by atoms with Crippen LogP contribution in [0.1, 0.15) is 34.2 Å². The summed E-state index contributed by atoms with van der Waals surface area (Å²) < 4.78 is 5.70. The summed E-state index contributed by atoms with van der Waals surface area (Å²) in [5.41, 5.74) is 1.77. The van der Waals surface area contributed by atoms with Crippen LogP contribution in [0, 0.1) is 0 Å². The summed E-state index contributed by atoms with van der Waals surface area (Å²) in [6.07, 6.45) is 2.39. The molecule has 6 heteroatoms. The number of nitrogens with one attached hydrogen (secondary N) is 1. The number of H-pyrrole nitrogens is 1. The standard InChI is InChI=1S/C16H14N2O3S/c19-16(20)9-3-4-10-11(8-9)18-15(17-10)14-6-5-13(22-14)12-2-1-7-21-12/h3-6,8,12H,1-2,7H2,(H,17,18)(H,19,20)/t12-/m0/s1. The molecule has 1 atom stereocenters. The molecule has 0 amide bonds. The second kappa shape index (κ2) is 5.23. The molecule has 1 fully saturated rings. The second-order valence-corrected chi connectivity index (χ2v) is 6.44. The highest BCUT2D eigenvalue weighted by Gasteiger charge is 2.20. The highest BCUT2D eigenvalue weighted by molar-refractivity contribution is 7.15. The number of hydrogen-bond donors (Lipinski definition) is 2. The van der Waals surface area contributed by atoms with Crippen LogP contribution in [-0.2, 0) is 4.74 Å². The molecule has 1 aromatic carbocycles. The zero-order valence-corrected chi connectivity index (χ0v) is 12.5. The van der Waals surface area contributed by atoms with Gasteiger partial charge in [0.25, 0.3) is 0 Å². The van der Waals surface area contributed by atoms with Gasteiger partial charge in [-0.25, -0.2) is 9.78 Å². The van der Waals surface area contributed by atoms with Gasteiger partial charge in [-0.15, -0.1) is 11.3 Å². The van der Waals surface area contributed by atoms with Crippen molar-refractivity contribution in [2.45, 2.75) is 18.9 Å². The number of hydrogen-bond acceptors (Lipinski definition) is 4. The highest BCUT2D eigenvalue weighted by atomic mass is 32.1. The molecule has 0 bridgehead atoms. The van der Waals surface area contributed by atoms with Crippen molar-refractivity contribution in [1.29, 1.82) is 0 Å². The largest absolute Gasteiger partial charge is 0.478 e. The van der Waals surface area contributed by atoms with E-state index in [-0.39, 0.29) is 11.7 Å². The molecule has 2 aromatic heterocycles. The predicted octanol–water partition coefficient (Wildman–Crippen LogP) is 3.84. The number of aromatic nitrogens is 2. The van der Waals surface area contributed by atoms with Gasteiger partial charge in [-0.2, -0.15) is 0 Å². The summed E-state index contributed by atoms with van der Waals surface area (Å²) >= 11 is 1.67. The second-order valence-electron chi connectivity index (χ2n) is 5.33. The lowest BCUT2D eigenvalue weighted by atomic mass is 10.2. The van der Waals surface area contributed by atoms with Gasteiger partial charge < -0.3 is 14.8 Å². The van der Waals surface area contributed by atoms with Crippen LogP contribution in [0.5, 0.6) is 0 Å². The molecule has 112 valence electrons. The molecule has 1 aliphatic rings. The van der Waals surface area contributed by atoms with E-state index in [1.54, 1.807) is 29.5 Å². The summed E-state index contributed by atoms with van der Waals surface area (Å²) in [5.74, 6) is -0.165. The molecule has 3 heterocycles. The average molecular weight is 314 g/mol. The summed E-state index contributed by atoms with van der Waals surface area (Å²) in [5, 5.41) is 9.05. The quantitative estimate of drug-likeness (QED) is 0.770. The van der Waals surface area contributed by atoms with Crippen molar-refractivity contribution in [2.75, 3.05) is 6.61 Å². The normalized spacial score (nSPS) is 18.1. The maximum absolute atomic E-state index is 11.0. The molecule has 5 nitrogen and oxygen atoms in total. The average Bonchev–Trinajstić information content (AvgIpc) is 3.24. The number of thiophene rings is 1. The Kier molecular flexibility index (Phi) is 3.20. The van der Waals surface area contributed by atoms with Gasteiger partial charge in [-0.3, -0.25) is 0 Å². The minimum Gasteiger partial charge on any atom is -0.478 e. The van der Waals surface area contributed by atoms with Gasteiger partial charge in [0.1, 0.15) is 5.82 Å². The van der Waals surface area contributed by atoms with E-state index >= 15 is 0 Å². The number of nitrogens with zero attached hydrogens (tertiary/aromatic N) is 1. The molecule has 4 rings (SSSR count). The Morgan fingerprint density at radius 3 is 3.05 bits per heavy atom. The highest BCUT2D eigenvalue weighted by Crippen LogP contribution is 2.36. The van der Waals surface area contributed by atoms with Crippen molar-refractivity contribution >= 4 is 28.3 Å². The van der Waals surface area contributed by atoms with E-state index in [1.165, 1.54) is 4.88 Å². The first-order valence-corrected chi connectivity index (χ1v) is 7.97. The molecule has 22 heavy (non-hydrogen) atoms. The molecular formula is C16H14N2O3S. The van der Waals surface area contributed by atoms with Gasteiger partial charge in [0.05, 0.1) is 27.6 Å². The van der Waals surface area contributed by atoms with Crippen LogP contribution >= 0.6 is 11.3 Å². The van der Waals surface area contributed by atoms with Crippen molar-refractivity contribution in [2.24, 2.45) is 0 Å². The topological polar surface area (TPSA) is 75.2 Å². The maximum atomic E-state index is 11.0. The first-order chi connectivity index (χ1) is 10.7. The van der Waals surface area contributed by atoms with Crippen LogP contribution in [0.2, 0.25) is 0 Å². The van der Waals surface area contributed by atoms with Crippen molar-refractivity contribution in [3.63, 3.8) is 0 Å². The number of fused-ring (bicyclic) bond motifs is 1. The Morgan fingerprint density at radius 2 is 2.27 bits per heavy atom. The number of imidazole rings is 1. The predicted molar refractivity (Wildman–Crippen MR) is 84.3 cm³/mol. The fourth-order valence-corrected chi connectivity index (χ4v) is 3.75. The van der Waals surface area contributed by atoms with Crippen molar-refractivity contribution in [3.05, 3.63) is 40.8 Å². The van der Waals surface area contributed by atoms with Gasteiger partial charge in [0.15, 0.2) is 0 Å². The SMILES string of the molecule is O=C(O)c1ccc2nc(-c3ccc([C@@H]4CCCO4)s3)[nH]c2c1. The van der Waals surface area contributed by atoms with E-state index in [4.69, 9.17) is 9.84 Å². The number of benzene rings is 1. The molecule has 3 aromatic rings. The van der Waals surface area contributed by atoms with Crippen LogP contribution < -0.4 is 0 Å². The Hall–Kier alpha value is -2.18. The molecule has 1 aliphatic heterocycles. The fourth-order valence-electron chi connectivity index (χ4n) is 2.71. The minimum absolute atomic E-state index is 0.210. The van der Waals surface area contributed by atoms with E-state index in [1.807, 2.05) is 6.07 Å². The fraction of sp³-hybridized carbons (Fsp3) is 0.250. The molecular weight excluding hydrogens is 300 g/mol. The molecule has 1 saturated heterocycles. The third kappa shape index (κ3) is 2.30. The molecule has 0 aliphatic carbocycles. The third-order valence-corrected chi connectivity index (χ3v) is 5.02. The number of aromatic carboxylic acids is 1. The van der Waals surface area contributed by atoms with Gasteiger partial charge in [-0.05, 0) is 43.2 Å². The van der Waals surface area contributed by atoms with Gasteiger partial charge in [0.2, 0.25) is 0 Å². The first-order valence-electron chi connectivity index (χ1n) is 7.15. The number of rotatable bonds is 3. The number of ether oxygens (including phenoxy) is 1. The van der Waals surface area contributed by atoms with Crippen LogP contribution in [0.3, 0.4) is 0 Å². The lowest BCUT2D eigenvalue weighted by Crippen LogP contribution is -1.94. The Morgan fingerprint density at radius 1 is 1.36 bits per heavy atom. The number of carboxylic acid groups (broad SMARTS) is 1. The summed E-state index contributed by atoms with van der Waals surface area (Å²) in [7, 11) is 0. The zero-order chi connectivity index (χ0) is 15.1. The van der Waals surface area contributed by atoms with Gasteiger partial charge in [0, 0.05) is 11.5 Å². The van der Waals surface area contributed by atoms with Crippen molar-refractivity contribution < 1.29 is 14.6 Å². The van der Waals surface area contributed by atoms with E-state index in [0.29, 0.717) is 0 Å². The van der Waals surface area contributed by atoms with E-state index in [0.717, 1.165) is 41.2 Å². The monoisotopic (exact) mass is 314 g/mol. The molecule has 0 spiro atoms. The Labute approximate surface area is 130 Å². The van der Waals surface area contributed by atoms with Crippen molar-refractivity contribution in [1.82, 2.24) is 9.97 Å². The van der Waals surface area contributed by atoms with E-state index in [2.05, 4.69) is 16.0 Å². The van der Waals surface area contributed by atoms with Crippen LogP contribution in [-0.4, -0.2) is 27.7 Å². The molecule has 0 saturated carbocycles. The summed E-state index contributed by atoms with van der Waals surface area (Å²) in [4.78, 5) is 21.0. The third-order valence-electron chi connectivity index (χ3n) is 3.84. The van der Waals surface area contributed by atoms with E-state index < -0.39 is 5.97 Å². The zero-order valence-electron chi connectivity index (χ0n) is 11.7. The molecule has 0 radical (unpaired) electrons. The number of carbonyl (C=O) groups is 1. The summed E-state index contributed by atoms with van der Waals surface area (Å²) in [6.45, 7) is 0.834. The number of carboxylic acids is 1. The molecule has 2 N–H and O–H groups in total. The lowest BCUT2D eigenvalue weighted by molar-refractivity contribution is 0.0697. The minimum atomic E-state index is -0.935. The van der Waals surface area contributed by atoms with Crippen LogP contribution in [0.4, 0.5) is 0 Å². The Bertz CT molecular complexity index is 846. The van der Waals surface area contributed by atoms with Gasteiger partial charge in [-0.1, -0.05) is 0 Å². The smallest absolute Gasteiger partial charge is 0.335 e. The van der Waals surface area contributed by atoms with Gasteiger partial charge >= 0.3 is 5.97 Å². The lowest BCUT2D eigenvalue weighted by Gasteiger charge is -2.04. The van der Waals surface area contributed by atoms with Crippen molar-refractivity contribution in [3.8, 4) is 10.7 Å². The number of aromatic amines is 1. The van der Waals surface area contributed by atoms with Crippen LogP contribution in [0.25, 0.3) is 21.7 Å². The summed E-state index contributed by atoms with van der Waals surface area (Å²) in [6, 6.07) is 9.04. The maximum Gasteiger partial charge on any atom is 0.335 e.